The highest BCUT2D eigenvalue weighted by molar-refractivity contribution is 5.79. The van der Waals surface area contributed by atoms with Gasteiger partial charge in [-0.3, -0.25) is 10.1 Å². The van der Waals surface area contributed by atoms with Gasteiger partial charge in [-0.25, -0.2) is 4.99 Å². The first-order chi connectivity index (χ1) is 13.5. The van der Waals surface area contributed by atoms with Crippen molar-refractivity contribution in [3.63, 3.8) is 0 Å². The van der Waals surface area contributed by atoms with Gasteiger partial charge in [0.2, 0.25) is 0 Å². The molecule has 28 heavy (non-hydrogen) atoms. The highest BCUT2D eigenvalue weighted by Crippen LogP contribution is 2.19. The minimum atomic E-state index is -0.414. The summed E-state index contributed by atoms with van der Waals surface area (Å²) in [5.74, 6) is 2.14. The minimum absolute atomic E-state index is 0.0706. The van der Waals surface area contributed by atoms with Crippen molar-refractivity contribution in [2.45, 2.75) is 26.5 Å². The lowest BCUT2D eigenvalue weighted by atomic mass is 10.2. The first-order valence-electron chi connectivity index (χ1n) is 9.08. The van der Waals surface area contributed by atoms with Crippen LogP contribution in [0, 0.1) is 10.1 Å². The molecule has 0 saturated heterocycles. The van der Waals surface area contributed by atoms with Gasteiger partial charge in [0.1, 0.15) is 17.6 Å². The summed E-state index contributed by atoms with van der Waals surface area (Å²) in [7, 11) is 1.62. The Balaban J connectivity index is 1.90. The number of nitrogens with one attached hydrogen (secondary N) is 2. The molecule has 8 heteroatoms. The van der Waals surface area contributed by atoms with E-state index in [0.29, 0.717) is 19.0 Å². The molecule has 0 heterocycles. The third-order valence-corrected chi connectivity index (χ3v) is 3.85. The standard InChI is InChI=1S/C20H26N4O4/c1-4-21-20(23-14-16-8-10-17(11-9-16)24(25)26)22-13-15(2)28-19-7-5-6-18(12-19)27-3/h5-12,15H,4,13-14H2,1-3H3,(H2,21,22,23). The lowest BCUT2D eigenvalue weighted by Gasteiger charge is -2.18. The number of aliphatic imine (C=N–C) groups is 1. The molecule has 0 bridgehead atoms. The number of nitrogens with zero attached hydrogens (tertiary/aromatic N) is 2. The van der Waals surface area contributed by atoms with Crippen LogP contribution in [0.3, 0.4) is 0 Å². The largest absolute Gasteiger partial charge is 0.497 e. The summed E-state index contributed by atoms with van der Waals surface area (Å²) >= 11 is 0. The fourth-order valence-corrected chi connectivity index (χ4v) is 2.42. The molecule has 8 nitrogen and oxygen atoms in total. The number of rotatable bonds is 9. The molecule has 2 rings (SSSR count). The number of methoxy groups -OCH3 is 1. The summed E-state index contributed by atoms with van der Waals surface area (Å²) in [5, 5.41) is 17.1. The maximum atomic E-state index is 10.7. The zero-order valence-corrected chi connectivity index (χ0v) is 16.3. The molecule has 2 N–H and O–H groups in total. The molecule has 0 radical (unpaired) electrons. The summed E-state index contributed by atoms with van der Waals surface area (Å²) in [6.07, 6.45) is -0.0877. The Bertz CT molecular complexity index is 793. The molecule has 0 aliphatic heterocycles. The summed E-state index contributed by atoms with van der Waals surface area (Å²) in [6.45, 7) is 5.64. The maximum absolute atomic E-state index is 10.7. The van der Waals surface area contributed by atoms with E-state index in [0.717, 1.165) is 23.6 Å². The molecule has 0 aliphatic carbocycles. The number of benzene rings is 2. The predicted octanol–water partition coefficient (Wildman–Crippen LogP) is 3.13. The molecular weight excluding hydrogens is 360 g/mol. The molecule has 1 atom stereocenters. The zero-order chi connectivity index (χ0) is 20.4. The average molecular weight is 386 g/mol. The van der Waals surface area contributed by atoms with Crippen LogP contribution in [0.15, 0.2) is 53.5 Å². The van der Waals surface area contributed by atoms with Crippen molar-refractivity contribution in [1.29, 1.82) is 0 Å². The van der Waals surface area contributed by atoms with Gasteiger partial charge in [-0.2, -0.15) is 0 Å². The molecule has 0 amide bonds. The molecule has 0 saturated carbocycles. The van der Waals surface area contributed by atoms with E-state index in [4.69, 9.17) is 9.47 Å². The van der Waals surface area contributed by atoms with E-state index in [-0.39, 0.29) is 11.8 Å². The Kier molecular flexibility index (Phi) is 8.08. The van der Waals surface area contributed by atoms with Crippen LogP contribution in [0.25, 0.3) is 0 Å². The van der Waals surface area contributed by atoms with Crippen molar-refractivity contribution in [2.24, 2.45) is 4.99 Å². The van der Waals surface area contributed by atoms with Crippen molar-refractivity contribution < 1.29 is 14.4 Å². The van der Waals surface area contributed by atoms with E-state index >= 15 is 0 Å². The van der Waals surface area contributed by atoms with Gasteiger partial charge in [-0.1, -0.05) is 18.2 Å². The number of non-ortho nitro benzene ring substituents is 1. The second-order valence-corrected chi connectivity index (χ2v) is 6.11. The van der Waals surface area contributed by atoms with Gasteiger partial charge in [0.05, 0.1) is 25.1 Å². The Labute approximate surface area is 164 Å². The molecule has 2 aromatic carbocycles. The fraction of sp³-hybridized carbons (Fsp3) is 0.350. The van der Waals surface area contributed by atoms with Gasteiger partial charge in [0.25, 0.3) is 5.69 Å². The van der Waals surface area contributed by atoms with Crippen molar-refractivity contribution in [3.8, 4) is 11.5 Å². The zero-order valence-electron chi connectivity index (χ0n) is 16.3. The van der Waals surface area contributed by atoms with Crippen molar-refractivity contribution in [3.05, 3.63) is 64.2 Å². The lowest BCUT2D eigenvalue weighted by molar-refractivity contribution is -0.384. The van der Waals surface area contributed by atoms with E-state index in [9.17, 15) is 10.1 Å². The van der Waals surface area contributed by atoms with Gasteiger partial charge in [-0.05, 0) is 31.5 Å². The fourth-order valence-electron chi connectivity index (χ4n) is 2.42. The second kappa shape index (κ2) is 10.8. The lowest BCUT2D eigenvalue weighted by Crippen LogP contribution is -2.41. The summed E-state index contributed by atoms with van der Waals surface area (Å²) in [4.78, 5) is 14.8. The van der Waals surface area contributed by atoms with Crippen molar-refractivity contribution >= 4 is 11.6 Å². The molecule has 0 aliphatic rings. The minimum Gasteiger partial charge on any atom is -0.497 e. The summed E-state index contributed by atoms with van der Waals surface area (Å²) in [6, 6.07) is 13.8. The smallest absolute Gasteiger partial charge is 0.269 e. The van der Waals surface area contributed by atoms with Crippen molar-refractivity contribution in [1.82, 2.24) is 10.6 Å². The SMILES string of the molecule is CCNC(=NCc1ccc([N+](=O)[O-])cc1)NCC(C)Oc1cccc(OC)c1. The van der Waals surface area contributed by atoms with Crippen LogP contribution in [0.4, 0.5) is 5.69 Å². The van der Waals surface area contributed by atoms with Gasteiger partial charge in [0, 0.05) is 24.7 Å². The Morgan fingerprint density at radius 3 is 2.54 bits per heavy atom. The summed E-state index contributed by atoms with van der Waals surface area (Å²) in [5.41, 5.74) is 0.963. The third kappa shape index (κ3) is 6.79. The number of guanidine groups is 1. The van der Waals surface area contributed by atoms with Crippen LogP contribution in [0.2, 0.25) is 0 Å². The van der Waals surface area contributed by atoms with E-state index in [2.05, 4.69) is 15.6 Å². The average Bonchev–Trinajstić information content (AvgIpc) is 2.70. The molecule has 0 spiro atoms. The highest BCUT2D eigenvalue weighted by atomic mass is 16.6. The Hall–Kier alpha value is -3.29. The number of ether oxygens (including phenoxy) is 2. The molecular formula is C20H26N4O4. The van der Waals surface area contributed by atoms with Crippen LogP contribution in [-0.4, -0.2) is 37.2 Å². The van der Waals surface area contributed by atoms with Crippen LogP contribution < -0.4 is 20.1 Å². The van der Waals surface area contributed by atoms with Crippen LogP contribution >= 0.6 is 0 Å². The Morgan fingerprint density at radius 1 is 1.18 bits per heavy atom. The number of nitro groups is 1. The molecule has 1 unspecified atom stereocenters. The van der Waals surface area contributed by atoms with Crippen LogP contribution in [0.5, 0.6) is 11.5 Å². The normalized spacial score (nSPS) is 12.2. The van der Waals surface area contributed by atoms with E-state index < -0.39 is 4.92 Å². The Morgan fingerprint density at radius 2 is 1.89 bits per heavy atom. The van der Waals surface area contributed by atoms with Crippen LogP contribution in [-0.2, 0) is 6.54 Å². The monoisotopic (exact) mass is 386 g/mol. The maximum Gasteiger partial charge on any atom is 0.269 e. The predicted molar refractivity (Wildman–Crippen MR) is 109 cm³/mol. The number of hydrogen-bond donors (Lipinski definition) is 2. The topological polar surface area (TPSA) is 98.0 Å². The summed E-state index contributed by atoms with van der Waals surface area (Å²) < 4.78 is 11.1. The quantitative estimate of drug-likeness (QED) is 0.297. The van der Waals surface area contributed by atoms with Gasteiger partial charge < -0.3 is 20.1 Å². The van der Waals surface area contributed by atoms with Gasteiger partial charge >= 0.3 is 0 Å². The highest BCUT2D eigenvalue weighted by Gasteiger charge is 2.07. The molecule has 0 fully saturated rings. The second-order valence-electron chi connectivity index (χ2n) is 6.11. The molecule has 150 valence electrons. The third-order valence-electron chi connectivity index (χ3n) is 3.85. The molecule has 0 aromatic heterocycles. The van der Waals surface area contributed by atoms with E-state index in [1.807, 2.05) is 38.1 Å². The van der Waals surface area contributed by atoms with Gasteiger partial charge in [-0.15, -0.1) is 0 Å². The molecule has 2 aromatic rings. The first-order valence-corrected chi connectivity index (χ1v) is 9.08. The van der Waals surface area contributed by atoms with Crippen molar-refractivity contribution in [2.75, 3.05) is 20.2 Å². The van der Waals surface area contributed by atoms with Crippen LogP contribution in [0.1, 0.15) is 19.4 Å². The number of hydrogen-bond acceptors (Lipinski definition) is 5. The number of nitro benzene ring substituents is 1. The van der Waals surface area contributed by atoms with Gasteiger partial charge in [0.15, 0.2) is 5.96 Å². The first kappa shape index (κ1) is 21.0. The van der Waals surface area contributed by atoms with E-state index in [1.165, 1.54) is 12.1 Å². The van der Waals surface area contributed by atoms with E-state index in [1.54, 1.807) is 19.2 Å².